The second-order valence-electron chi connectivity index (χ2n) is 4.20. The molecule has 0 aliphatic carbocycles. The van der Waals surface area contributed by atoms with Crippen LogP contribution in [-0.4, -0.2) is 18.0 Å². The maximum Gasteiger partial charge on any atom is 0.257 e. The number of benzene rings is 1. The molecule has 1 aromatic carbocycles. The van der Waals surface area contributed by atoms with Gasteiger partial charge in [0.2, 0.25) is 0 Å². The topological polar surface area (TPSA) is 77.2 Å². The molecule has 5 nitrogen and oxygen atoms in total. The van der Waals surface area contributed by atoms with Crippen LogP contribution in [0.1, 0.15) is 16.1 Å². The van der Waals surface area contributed by atoms with Crippen LogP contribution in [0.2, 0.25) is 0 Å². The number of ether oxygens (including phenoxy) is 1. The highest BCUT2D eigenvalue weighted by molar-refractivity contribution is 6.05. The number of nitrogens with zero attached hydrogens (tertiary/aromatic N) is 1. The summed E-state index contributed by atoms with van der Waals surface area (Å²) in [6, 6.07) is 5.59. The van der Waals surface area contributed by atoms with E-state index in [9.17, 15) is 9.18 Å². The van der Waals surface area contributed by atoms with Gasteiger partial charge in [-0.2, -0.15) is 0 Å². The molecular weight excluding hydrogens is 261 g/mol. The number of hydrogen-bond acceptors (Lipinski definition) is 4. The lowest BCUT2D eigenvalue weighted by Crippen LogP contribution is -2.15. The smallest absolute Gasteiger partial charge is 0.257 e. The molecule has 20 heavy (non-hydrogen) atoms. The Morgan fingerprint density at radius 2 is 2.15 bits per heavy atom. The van der Waals surface area contributed by atoms with Crippen molar-refractivity contribution in [1.29, 1.82) is 0 Å². The van der Waals surface area contributed by atoms with Gasteiger partial charge in [0.25, 0.3) is 5.91 Å². The van der Waals surface area contributed by atoms with Crippen molar-refractivity contribution in [2.75, 3.05) is 18.2 Å². The number of nitrogen functional groups attached to an aromatic ring is 1. The van der Waals surface area contributed by atoms with Gasteiger partial charge in [0, 0.05) is 6.07 Å². The van der Waals surface area contributed by atoms with E-state index >= 15 is 0 Å². The van der Waals surface area contributed by atoms with Gasteiger partial charge in [0.15, 0.2) is 0 Å². The summed E-state index contributed by atoms with van der Waals surface area (Å²) in [6.07, 6.45) is 1.46. The summed E-state index contributed by atoms with van der Waals surface area (Å²) in [5.74, 6) is -0.577. The van der Waals surface area contributed by atoms with Gasteiger partial charge in [0.1, 0.15) is 11.6 Å². The number of methoxy groups -OCH3 is 1. The molecule has 3 N–H and O–H groups in total. The molecule has 1 amide bonds. The number of rotatable bonds is 3. The van der Waals surface area contributed by atoms with E-state index in [0.29, 0.717) is 22.7 Å². The number of nitrogens with two attached hydrogens (primary N) is 1. The van der Waals surface area contributed by atoms with Crippen molar-refractivity contribution < 1.29 is 13.9 Å². The molecule has 0 saturated heterocycles. The molecule has 0 fully saturated rings. The second-order valence-corrected chi connectivity index (χ2v) is 4.20. The molecule has 6 heteroatoms. The molecular formula is C14H14FN3O2. The van der Waals surface area contributed by atoms with Crippen molar-refractivity contribution in [2.24, 2.45) is 0 Å². The van der Waals surface area contributed by atoms with E-state index in [4.69, 9.17) is 10.5 Å². The van der Waals surface area contributed by atoms with Gasteiger partial charge < -0.3 is 15.8 Å². The number of halogens is 1. The zero-order valence-electron chi connectivity index (χ0n) is 11.1. The number of aryl methyl sites for hydroxylation is 1. The fourth-order valence-electron chi connectivity index (χ4n) is 1.70. The minimum Gasteiger partial charge on any atom is -0.497 e. The Balaban J connectivity index is 2.30. The van der Waals surface area contributed by atoms with Crippen LogP contribution in [0.5, 0.6) is 5.75 Å². The largest absolute Gasteiger partial charge is 0.497 e. The summed E-state index contributed by atoms with van der Waals surface area (Å²) in [5.41, 5.74) is 6.82. The van der Waals surface area contributed by atoms with Crippen molar-refractivity contribution in [2.45, 2.75) is 6.92 Å². The summed E-state index contributed by atoms with van der Waals surface area (Å²) in [6.45, 7) is 1.68. The summed E-state index contributed by atoms with van der Waals surface area (Å²) < 4.78 is 18.6. The fourth-order valence-corrected chi connectivity index (χ4v) is 1.70. The Labute approximate surface area is 115 Å². The molecule has 0 radical (unpaired) electrons. The minimum absolute atomic E-state index is 0.0381. The Hall–Kier alpha value is -2.63. The molecule has 104 valence electrons. The number of hydrogen-bond donors (Lipinski definition) is 2. The summed E-state index contributed by atoms with van der Waals surface area (Å²) >= 11 is 0. The van der Waals surface area contributed by atoms with Gasteiger partial charge in [-0.05, 0) is 25.1 Å². The van der Waals surface area contributed by atoms with Crippen LogP contribution in [0.3, 0.4) is 0 Å². The van der Waals surface area contributed by atoms with Crippen molar-refractivity contribution in [3.63, 3.8) is 0 Å². The first-order valence-corrected chi connectivity index (χ1v) is 5.88. The molecule has 0 atom stereocenters. The van der Waals surface area contributed by atoms with Crippen LogP contribution in [-0.2, 0) is 0 Å². The predicted octanol–water partition coefficient (Wildman–Crippen LogP) is 2.37. The second kappa shape index (κ2) is 5.56. The average molecular weight is 275 g/mol. The zero-order valence-corrected chi connectivity index (χ0v) is 11.1. The summed E-state index contributed by atoms with van der Waals surface area (Å²) in [4.78, 5) is 16.1. The van der Waals surface area contributed by atoms with E-state index < -0.39 is 11.7 Å². The SMILES string of the molecule is COc1ccc(F)c(NC(=O)c2cc(N)cnc2C)c1. The molecule has 2 aromatic rings. The number of aromatic nitrogens is 1. The first-order chi connectivity index (χ1) is 9.51. The van der Waals surface area contributed by atoms with E-state index in [1.807, 2.05) is 0 Å². The van der Waals surface area contributed by atoms with E-state index in [1.165, 1.54) is 37.6 Å². The highest BCUT2D eigenvalue weighted by Gasteiger charge is 2.13. The van der Waals surface area contributed by atoms with Gasteiger partial charge >= 0.3 is 0 Å². The number of anilines is 2. The maximum atomic E-state index is 13.7. The number of amides is 1. The van der Waals surface area contributed by atoms with Crippen molar-refractivity contribution in [3.05, 3.63) is 47.5 Å². The first-order valence-electron chi connectivity index (χ1n) is 5.88. The van der Waals surface area contributed by atoms with E-state index in [1.54, 1.807) is 6.92 Å². The maximum absolute atomic E-state index is 13.7. The van der Waals surface area contributed by atoms with Gasteiger partial charge in [-0.25, -0.2) is 4.39 Å². The fraction of sp³-hybridized carbons (Fsp3) is 0.143. The van der Waals surface area contributed by atoms with Crippen LogP contribution in [0, 0.1) is 12.7 Å². The predicted molar refractivity (Wildman–Crippen MR) is 74.3 cm³/mol. The van der Waals surface area contributed by atoms with Crippen molar-refractivity contribution in [3.8, 4) is 5.75 Å². The summed E-state index contributed by atoms with van der Waals surface area (Å²) in [5, 5.41) is 2.48. The Morgan fingerprint density at radius 1 is 1.40 bits per heavy atom. The lowest BCUT2D eigenvalue weighted by atomic mass is 10.1. The van der Waals surface area contributed by atoms with E-state index in [2.05, 4.69) is 10.3 Å². The molecule has 2 rings (SSSR count). The van der Waals surface area contributed by atoms with Gasteiger partial charge in [0.05, 0.1) is 35.9 Å². The molecule has 0 unspecified atom stereocenters. The molecule has 1 heterocycles. The molecule has 0 aliphatic heterocycles. The quantitative estimate of drug-likeness (QED) is 0.901. The molecule has 0 aliphatic rings. The van der Waals surface area contributed by atoms with Crippen LogP contribution in [0.25, 0.3) is 0 Å². The van der Waals surface area contributed by atoms with E-state index in [-0.39, 0.29) is 5.69 Å². The third-order valence-electron chi connectivity index (χ3n) is 2.77. The van der Waals surface area contributed by atoms with Crippen LogP contribution in [0.4, 0.5) is 15.8 Å². The van der Waals surface area contributed by atoms with Crippen LogP contribution in [0.15, 0.2) is 30.5 Å². The first kappa shape index (κ1) is 13.8. The average Bonchev–Trinajstić information content (AvgIpc) is 2.43. The van der Waals surface area contributed by atoms with Gasteiger partial charge in [-0.15, -0.1) is 0 Å². The third kappa shape index (κ3) is 2.85. The normalized spacial score (nSPS) is 10.2. The lowest BCUT2D eigenvalue weighted by molar-refractivity contribution is 0.102. The molecule has 1 aromatic heterocycles. The minimum atomic E-state index is -0.548. The highest BCUT2D eigenvalue weighted by atomic mass is 19.1. The number of pyridine rings is 1. The Morgan fingerprint density at radius 3 is 2.85 bits per heavy atom. The molecule has 0 bridgehead atoms. The Kier molecular flexibility index (Phi) is 3.84. The van der Waals surface area contributed by atoms with Gasteiger partial charge in [-0.3, -0.25) is 9.78 Å². The third-order valence-corrected chi connectivity index (χ3v) is 2.77. The van der Waals surface area contributed by atoms with Crippen LogP contribution >= 0.6 is 0 Å². The standard InChI is InChI=1S/C14H14FN3O2/c1-8-11(5-9(16)7-17-8)14(19)18-13-6-10(20-2)3-4-12(13)15/h3-7H,16H2,1-2H3,(H,18,19). The van der Waals surface area contributed by atoms with Crippen molar-refractivity contribution >= 4 is 17.3 Å². The monoisotopic (exact) mass is 275 g/mol. The Bertz CT molecular complexity index is 659. The highest BCUT2D eigenvalue weighted by Crippen LogP contribution is 2.22. The van der Waals surface area contributed by atoms with Crippen LogP contribution < -0.4 is 15.8 Å². The zero-order chi connectivity index (χ0) is 14.7. The van der Waals surface area contributed by atoms with E-state index in [0.717, 1.165) is 0 Å². The molecule has 0 spiro atoms. The summed E-state index contributed by atoms with van der Waals surface area (Å²) in [7, 11) is 1.46. The van der Waals surface area contributed by atoms with Crippen molar-refractivity contribution in [1.82, 2.24) is 4.98 Å². The number of carbonyl (C=O) groups is 1. The number of carbonyl (C=O) groups excluding carboxylic acids is 1. The molecule has 0 saturated carbocycles. The lowest BCUT2D eigenvalue weighted by Gasteiger charge is -2.10. The van der Waals surface area contributed by atoms with Gasteiger partial charge in [-0.1, -0.05) is 0 Å². The number of nitrogens with one attached hydrogen (secondary N) is 1.